The standard InChI is InChI=1S/C53H60N6O13/c1-29(2)22-42(51(67)56-28-47(64)58-41(10-7-9-20-54-31(4)60)52(68)57-33-13-17-36-30(3)23-48(65)72-43(36)25-33)59-46(63)11-6-5-8-21-55-50(66)32-12-16-37(40(24-32)53(69)70)49-38-18-14-34(61)26-44(38)71-45-27-35(62)15-19-39(45)49/h12-14,16-18,23-27,29,41-42,62H,5-11,15,19-22,28H2,1-4H3,(H,54,60)(H,55,66)(H,56,67)(H,57,68)(H,58,64)(H,59,63)(H,69,70)/t41-,42-/m0/s1. The zero-order chi connectivity index (χ0) is 52.1. The Labute approximate surface area is 414 Å². The summed E-state index contributed by atoms with van der Waals surface area (Å²) in [6, 6.07) is 12.8. The fourth-order valence-electron chi connectivity index (χ4n) is 8.52. The van der Waals surface area contributed by atoms with Crippen molar-refractivity contribution in [3.05, 3.63) is 115 Å². The molecule has 19 heteroatoms. The number of aryl methyl sites for hydroxylation is 1. The van der Waals surface area contributed by atoms with E-state index in [0.29, 0.717) is 96.1 Å². The molecular formula is C53H60N6O13. The number of unbranched alkanes of at least 4 members (excludes halogenated alkanes) is 3. The molecule has 1 aromatic heterocycles. The minimum atomic E-state index is -1.27. The van der Waals surface area contributed by atoms with E-state index in [-0.39, 0.29) is 77.2 Å². The van der Waals surface area contributed by atoms with Crippen molar-refractivity contribution in [2.45, 2.75) is 104 Å². The summed E-state index contributed by atoms with van der Waals surface area (Å²) in [5.74, 6) is -3.49. The topological polar surface area (TPSA) is 293 Å². The molecule has 0 unspecified atom stereocenters. The van der Waals surface area contributed by atoms with Crippen LogP contribution in [0.3, 0.4) is 0 Å². The van der Waals surface area contributed by atoms with Gasteiger partial charge in [0.15, 0.2) is 5.43 Å². The van der Waals surface area contributed by atoms with Crippen molar-refractivity contribution in [3.8, 4) is 22.5 Å². The Morgan fingerprint density at radius 3 is 2.22 bits per heavy atom. The first-order valence-electron chi connectivity index (χ1n) is 24.0. The summed E-state index contributed by atoms with van der Waals surface area (Å²) >= 11 is 0. The Morgan fingerprint density at radius 2 is 1.47 bits per heavy atom. The van der Waals surface area contributed by atoms with Crippen LogP contribution in [0.15, 0.2) is 84.8 Å². The van der Waals surface area contributed by atoms with Crippen molar-refractivity contribution >= 4 is 64.1 Å². The summed E-state index contributed by atoms with van der Waals surface area (Å²) in [7, 11) is 0. The van der Waals surface area contributed by atoms with Gasteiger partial charge < -0.3 is 50.9 Å². The molecular weight excluding hydrogens is 929 g/mol. The van der Waals surface area contributed by atoms with Gasteiger partial charge in [0.05, 0.1) is 17.9 Å². The van der Waals surface area contributed by atoms with Gasteiger partial charge in [-0.05, 0) is 105 Å². The number of amides is 6. The fraction of sp³-hybridized carbons (Fsp3) is 0.377. The van der Waals surface area contributed by atoms with Gasteiger partial charge in [-0.1, -0.05) is 26.3 Å². The lowest BCUT2D eigenvalue weighted by molar-refractivity contribution is -0.131. The third-order valence-electron chi connectivity index (χ3n) is 12.1. The van der Waals surface area contributed by atoms with Crippen LogP contribution in [0.2, 0.25) is 0 Å². The molecule has 0 saturated carbocycles. The highest BCUT2D eigenvalue weighted by atomic mass is 16.4. The number of carboxylic acid groups (broad SMARTS) is 1. The molecule has 2 atom stereocenters. The lowest BCUT2D eigenvalue weighted by Gasteiger charge is -2.22. The summed E-state index contributed by atoms with van der Waals surface area (Å²) in [6.45, 7) is 7.05. The maximum atomic E-state index is 13.5. The number of aliphatic hydroxyl groups is 1. The van der Waals surface area contributed by atoms with Crippen molar-refractivity contribution in [2.75, 3.05) is 25.0 Å². The molecule has 0 radical (unpaired) electrons. The van der Waals surface area contributed by atoms with Crippen LogP contribution in [0.25, 0.3) is 39.5 Å². The molecule has 3 aliphatic rings. The number of nitrogens with one attached hydrogen (secondary N) is 6. The van der Waals surface area contributed by atoms with Crippen molar-refractivity contribution < 1.29 is 52.6 Å². The Kier molecular flexibility index (Phi) is 18.2. The number of aromatic carboxylic acids is 1. The number of aliphatic hydroxyl groups excluding tert-OH is 1. The average molecular weight is 989 g/mol. The quantitative estimate of drug-likeness (QED) is 0.0287. The first-order chi connectivity index (χ1) is 34.4. The Bertz CT molecular complexity index is 2990. The molecule has 6 amide bonds. The second-order valence-electron chi connectivity index (χ2n) is 18.3. The van der Waals surface area contributed by atoms with Crippen molar-refractivity contribution in [2.24, 2.45) is 5.92 Å². The second-order valence-corrected chi connectivity index (χ2v) is 18.3. The highest BCUT2D eigenvalue weighted by Gasteiger charge is 2.28. The van der Waals surface area contributed by atoms with Crippen LogP contribution in [-0.2, 0) is 30.4 Å². The summed E-state index contributed by atoms with van der Waals surface area (Å²) < 4.78 is 11.2. The smallest absolute Gasteiger partial charge is 0.336 e. The van der Waals surface area contributed by atoms with Crippen LogP contribution < -0.4 is 43.0 Å². The van der Waals surface area contributed by atoms with Gasteiger partial charge >= 0.3 is 11.6 Å². The number of anilines is 1. The highest BCUT2D eigenvalue weighted by molar-refractivity contribution is 6.04. The number of benzene rings is 3. The third-order valence-corrected chi connectivity index (χ3v) is 12.1. The van der Waals surface area contributed by atoms with E-state index in [2.05, 4.69) is 31.9 Å². The minimum Gasteiger partial charge on any atom is -0.512 e. The average Bonchev–Trinajstić information content (AvgIpc) is 3.32. The molecule has 19 nitrogen and oxygen atoms in total. The van der Waals surface area contributed by atoms with Crippen molar-refractivity contribution in [1.82, 2.24) is 26.6 Å². The van der Waals surface area contributed by atoms with Crippen LogP contribution in [0, 0.1) is 12.8 Å². The molecule has 8 N–H and O–H groups in total. The molecule has 2 aromatic carbocycles. The molecule has 0 bridgehead atoms. The van der Waals surface area contributed by atoms with Crippen molar-refractivity contribution in [1.29, 1.82) is 0 Å². The van der Waals surface area contributed by atoms with E-state index in [1.54, 1.807) is 31.2 Å². The molecule has 0 saturated heterocycles. The molecule has 0 spiro atoms. The number of fused-ring (bicyclic) bond motifs is 3. The summed E-state index contributed by atoms with van der Waals surface area (Å²) in [4.78, 5) is 114. The number of hydrogen-bond donors (Lipinski definition) is 8. The van der Waals surface area contributed by atoms with Crippen LogP contribution in [0.4, 0.5) is 5.69 Å². The minimum absolute atomic E-state index is 0.000592. The normalized spacial score (nSPS) is 12.8. The van der Waals surface area contributed by atoms with Crippen LogP contribution in [0.5, 0.6) is 0 Å². The Balaban J connectivity index is 0.979. The summed E-state index contributed by atoms with van der Waals surface area (Å²) in [5.41, 5.74) is 2.50. The first kappa shape index (κ1) is 53.3. The lowest BCUT2D eigenvalue weighted by atomic mass is 9.85. The number of carbonyl (C=O) groups is 7. The molecule has 1 aliphatic heterocycles. The van der Waals surface area contributed by atoms with Crippen molar-refractivity contribution in [3.63, 3.8) is 0 Å². The van der Waals surface area contributed by atoms with Gasteiger partial charge in [-0.15, -0.1) is 0 Å². The van der Waals surface area contributed by atoms with E-state index in [1.165, 1.54) is 49.4 Å². The zero-order valence-corrected chi connectivity index (χ0v) is 40.7. The maximum Gasteiger partial charge on any atom is 0.336 e. The van der Waals surface area contributed by atoms with Gasteiger partial charge in [0.2, 0.25) is 29.5 Å². The van der Waals surface area contributed by atoms with E-state index >= 15 is 0 Å². The van der Waals surface area contributed by atoms with E-state index < -0.39 is 53.9 Å². The maximum absolute atomic E-state index is 13.5. The SMILES string of the molecule is CC(=O)NCCCC[C@H](NC(=O)CNC(=O)[C@H](CC(C)C)NC(=O)CCCCCNC(=O)c1ccc(-c2c3ccc(=O)cc-3oc3c2CCC(O)=C3)c(C(=O)O)c1)C(=O)Nc1ccc2c(C)cc(=O)oc2c1. The van der Waals surface area contributed by atoms with Gasteiger partial charge in [-0.3, -0.25) is 33.6 Å². The number of hydrogen-bond acceptors (Lipinski definition) is 12. The fourth-order valence-corrected chi connectivity index (χ4v) is 8.52. The molecule has 3 aromatic rings. The summed E-state index contributed by atoms with van der Waals surface area (Å²) in [6.07, 6.45) is 5.16. The number of rotatable bonds is 23. The predicted molar refractivity (Wildman–Crippen MR) is 268 cm³/mol. The van der Waals surface area contributed by atoms with Gasteiger partial charge in [0.25, 0.3) is 5.91 Å². The van der Waals surface area contributed by atoms with Crippen LogP contribution in [0.1, 0.15) is 116 Å². The number of allylic oxidation sites excluding steroid dienone is 1. The lowest BCUT2D eigenvalue weighted by Crippen LogP contribution is -2.51. The monoisotopic (exact) mass is 988 g/mol. The zero-order valence-electron chi connectivity index (χ0n) is 40.7. The second kappa shape index (κ2) is 24.6. The van der Waals surface area contributed by atoms with E-state index in [1.807, 2.05) is 13.8 Å². The van der Waals surface area contributed by atoms with E-state index in [9.17, 15) is 53.4 Å². The molecule has 380 valence electrons. The first-order valence-corrected chi connectivity index (χ1v) is 24.0. The van der Waals surface area contributed by atoms with Gasteiger partial charge in [-0.25, -0.2) is 9.59 Å². The van der Waals surface area contributed by atoms with Crippen LogP contribution >= 0.6 is 0 Å². The molecule has 2 aliphatic carbocycles. The number of carbonyl (C=O) groups excluding carboxylic acids is 6. The van der Waals surface area contributed by atoms with Gasteiger partial charge in [-0.2, -0.15) is 0 Å². The molecule has 6 rings (SSSR count). The molecule has 72 heavy (non-hydrogen) atoms. The van der Waals surface area contributed by atoms with Crippen LogP contribution in [-0.4, -0.2) is 83.3 Å². The van der Waals surface area contributed by atoms with E-state index in [0.717, 1.165) is 0 Å². The third kappa shape index (κ3) is 14.5. The Morgan fingerprint density at radius 1 is 0.736 bits per heavy atom. The van der Waals surface area contributed by atoms with Gasteiger partial charge in [0.1, 0.15) is 29.2 Å². The molecule has 2 heterocycles. The van der Waals surface area contributed by atoms with E-state index in [4.69, 9.17) is 8.83 Å². The van der Waals surface area contributed by atoms with Gasteiger partial charge in [0, 0.05) is 90.5 Å². The molecule has 0 fully saturated rings. The number of carboxylic acids is 1. The largest absolute Gasteiger partial charge is 0.512 e. The Hall–Kier alpha value is -8.09. The predicted octanol–water partition coefficient (Wildman–Crippen LogP) is 5.74. The highest BCUT2D eigenvalue weighted by Crippen LogP contribution is 2.43. The summed E-state index contributed by atoms with van der Waals surface area (Å²) in [5, 5.41) is 37.4.